The van der Waals surface area contributed by atoms with E-state index in [0.29, 0.717) is 17.7 Å². The minimum absolute atomic E-state index is 0.431. The molecule has 0 saturated heterocycles. The number of nitrogens with zero attached hydrogens (tertiary/aromatic N) is 2. The van der Waals surface area contributed by atoms with Gasteiger partial charge in [0.05, 0.1) is 12.2 Å². The molecule has 2 aromatic heterocycles. The van der Waals surface area contributed by atoms with Crippen LogP contribution in [0.3, 0.4) is 0 Å². The normalized spacial score (nSPS) is 13.6. The maximum Gasteiger partial charge on any atom is 0.330 e. The van der Waals surface area contributed by atoms with E-state index in [0.717, 1.165) is 34.3 Å². The van der Waals surface area contributed by atoms with E-state index >= 15 is 0 Å². The summed E-state index contributed by atoms with van der Waals surface area (Å²) in [7, 11) is 0. The average Bonchev–Trinajstić information content (AvgIpc) is 3.39. The summed E-state index contributed by atoms with van der Waals surface area (Å²) in [6, 6.07) is 5.85. The summed E-state index contributed by atoms with van der Waals surface area (Å²) in [5.74, 6) is -0.771. The van der Waals surface area contributed by atoms with E-state index in [2.05, 4.69) is 10.3 Å². The first-order valence-corrected chi connectivity index (χ1v) is 9.72. The Morgan fingerprint density at radius 2 is 2.14 bits per heavy atom. The fourth-order valence-electron chi connectivity index (χ4n) is 3.50. The number of rotatable bonds is 5. The van der Waals surface area contributed by atoms with Crippen molar-refractivity contribution in [3.05, 3.63) is 63.9 Å². The van der Waals surface area contributed by atoms with Crippen molar-refractivity contribution in [2.45, 2.75) is 26.3 Å². The molecule has 0 aliphatic carbocycles. The number of amides is 1. The number of nitrogens with one attached hydrogen (secondary N) is 1. The zero-order chi connectivity index (χ0) is 19.8. The van der Waals surface area contributed by atoms with Crippen LogP contribution < -0.4 is 10.1 Å². The smallest absolute Gasteiger partial charge is 0.330 e. The van der Waals surface area contributed by atoms with Crippen LogP contribution in [0, 0.1) is 13.8 Å². The third-order valence-corrected chi connectivity index (χ3v) is 5.61. The maximum absolute atomic E-state index is 12.9. The second kappa shape index (κ2) is 7.12. The predicted octanol–water partition coefficient (Wildman–Crippen LogP) is 3.04. The second-order valence-corrected chi connectivity index (χ2v) is 7.52. The molecular formula is C20H19N3O4S. The fourth-order valence-corrected chi connectivity index (χ4v) is 4.25. The predicted molar refractivity (Wildman–Crippen MR) is 104 cm³/mol. The van der Waals surface area contributed by atoms with Gasteiger partial charge in [-0.1, -0.05) is 6.07 Å². The third kappa shape index (κ3) is 3.16. The van der Waals surface area contributed by atoms with Gasteiger partial charge in [0.25, 0.3) is 5.91 Å². The summed E-state index contributed by atoms with van der Waals surface area (Å²) in [5, 5.41) is 15.0. The molecule has 28 heavy (non-hydrogen) atoms. The van der Waals surface area contributed by atoms with Crippen LogP contribution in [0.15, 0.2) is 35.8 Å². The van der Waals surface area contributed by atoms with Gasteiger partial charge < -0.3 is 15.2 Å². The lowest BCUT2D eigenvalue weighted by Crippen LogP contribution is -2.34. The molecular weight excluding hydrogens is 378 g/mol. The Kier molecular flexibility index (Phi) is 4.64. The summed E-state index contributed by atoms with van der Waals surface area (Å²) in [6.45, 7) is 4.30. The number of aryl methyl sites for hydroxylation is 1. The molecule has 0 saturated carbocycles. The minimum atomic E-state index is -1.14. The van der Waals surface area contributed by atoms with Crippen LogP contribution in [-0.2, 0) is 11.2 Å². The van der Waals surface area contributed by atoms with Crippen LogP contribution in [0.25, 0.3) is 5.13 Å². The van der Waals surface area contributed by atoms with Crippen LogP contribution in [0.2, 0.25) is 0 Å². The monoisotopic (exact) mass is 397 g/mol. The minimum Gasteiger partial charge on any atom is -0.493 e. The van der Waals surface area contributed by atoms with Crippen molar-refractivity contribution < 1.29 is 19.4 Å². The number of benzene rings is 1. The topological polar surface area (TPSA) is 93.5 Å². The van der Waals surface area contributed by atoms with E-state index in [1.54, 1.807) is 30.5 Å². The zero-order valence-corrected chi connectivity index (χ0v) is 16.2. The van der Waals surface area contributed by atoms with Gasteiger partial charge in [0.1, 0.15) is 5.75 Å². The van der Waals surface area contributed by atoms with E-state index in [9.17, 15) is 14.7 Å². The largest absolute Gasteiger partial charge is 0.493 e. The number of ether oxygens (including phenoxy) is 1. The van der Waals surface area contributed by atoms with Crippen LogP contribution in [0.5, 0.6) is 5.75 Å². The van der Waals surface area contributed by atoms with Crippen molar-refractivity contribution >= 4 is 23.2 Å². The summed E-state index contributed by atoms with van der Waals surface area (Å²) >= 11 is 1.47. The molecule has 0 spiro atoms. The van der Waals surface area contributed by atoms with Gasteiger partial charge in [-0.25, -0.2) is 9.78 Å². The Morgan fingerprint density at radius 1 is 1.32 bits per heavy atom. The van der Waals surface area contributed by atoms with Crippen molar-refractivity contribution in [2.24, 2.45) is 0 Å². The molecule has 3 heterocycles. The Bertz CT molecular complexity index is 1060. The van der Waals surface area contributed by atoms with Gasteiger partial charge in [-0.3, -0.25) is 9.36 Å². The highest BCUT2D eigenvalue weighted by molar-refractivity contribution is 7.12. The van der Waals surface area contributed by atoms with Gasteiger partial charge in [-0.05, 0) is 43.2 Å². The van der Waals surface area contributed by atoms with Gasteiger partial charge in [-0.15, -0.1) is 11.3 Å². The molecule has 1 aromatic carbocycles. The van der Waals surface area contributed by atoms with Crippen molar-refractivity contribution in [2.75, 3.05) is 6.61 Å². The molecule has 7 nitrogen and oxygen atoms in total. The Hall–Kier alpha value is -3.13. The van der Waals surface area contributed by atoms with Crippen molar-refractivity contribution in [3.63, 3.8) is 0 Å². The second-order valence-electron chi connectivity index (χ2n) is 6.65. The fraction of sp³-hybridized carbons (Fsp3) is 0.250. The molecule has 0 fully saturated rings. The zero-order valence-electron chi connectivity index (χ0n) is 15.4. The van der Waals surface area contributed by atoms with E-state index in [4.69, 9.17) is 4.74 Å². The first kappa shape index (κ1) is 18.2. The number of carbonyl (C=O) groups is 2. The molecule has 1 atom stereocenters. The van der Waals surface area contributed by atoms with Crippen LogP contribution >= 0.6 is 11.3 Å². The molecule has 1 aliphatic heterocycles. The summed E-state index contributed by atoms with van der Waals surface area (Å²) in [5.41, 5.74) is 3.50. The van der Waals surface area contributed by atoms with E-state index in [-0.39, 0.29) is 0 Å². The van der Waals surface area contributed by atoms with Crippen LogP contribution in [-0.4, -0.2) is 33.1 Å². The Morgan fingerprint density at radius 3 is 2.86 bits per heavy atom. The van der Waals surface area contributed by atoms with E-state index in [1.165, 1.54) is 11.3 Å². The van der Waals surface area contributed by atoms with E-state index in [1.807, 2.05) is 23.8 Å². The molecule has 4 rings (SSSR count). The van der Waals surface area contributed by atoms with Crippen molar-refractivity contribution in [3.8, 4) is 10.9 Å². The molecule has 3 aromatic rings. The number of aromatic nitrogens is 2. The highest BCUT2D eigenvalue weighted by Gasteiger charge is 2.26. The molecule has 1 aliphatic rings. The molecule has 0 radical (unpaired) electrons. The third-order valence-electron chi connectivity index (χ3n) is 4.86. The van der Waals surface area contributed by atoms with Crippen LogP contribution in [0.4, 0.5) is 0 Å². The van der Waals surface area contributed by atoms with Gasteiger partial charge in [0, 0.05) is 29.4 Å². The molecule has 8 heteroatoms. The first-order valence-electron chi connectivity index (χ1n) is 8.84. The lowest BCUT2D eigenvalue weighted by Gasteiger charge is -2.16. The number of aliphatic carboxylic acids is 1. The SMILES string of the molecule is Cc1cc(C(=O)NC(C(=O)O)c2ccc3c(c2)CCO3)c(C)n1-c1nccs1. The number of carbonyl (C=O) groups excluding carboxylic acids is 1. The standard InChI is InChI=1S/C20H19N3O4S/c1-11-9-15(12(2)23(11)20-21-6-8-28-20)18(24)22-17(19(25)26)14-3-4-16-13(10-14)5-7-27-16/h3-4,6,8-10,17H,5,7H2,1-2H3,(H,22,24)(H,25,26). The number of hydrogen-bond acceptors (Lipinski definition) is 5. The van der Waals surface area contributed by atoms with E-state index < -0.39 is 17.9 Å². The number of thiazole rings is 1. The van der Waals surface area contributed by atoms with Gasteiger partial charge in [-0.2, -0.15) is 0 Å². The molecule has 2 N–H and O–H groups in total. The number of hydrogen-bond donors (Lipinski definition) is 2. The summed E-state index contributed by atoms with van der Waals surface area (Å²) in [6.07, 6.45) is 2.44. The highest BCUT2D eigenvalue weighted by Crippen LogP contribution is 2.29. The number of carboxylic acid groups (broad SMARTS) is 1. The lowest BCUT2D eigenvalue weighted by atomic mass is 10.0. The Labute approximate surface area is 165 Å². The molecule has 144 valence electrons. The summed E-state index contributed by atoms with van der Waals surface area (Å²) < 4.78 is 7.36. The number of carboxylic acids is 1. The first-order chi connectivity index (χ1) is 13.5. The van der Waals surface area contributed by atoms with Gasteiger partial charge in [0.15, 0.2) is 11.2 Å². The number of fused-ring (bicyclic) bond motifs is 1. The van der Waals surface area contributed by atoms with Gasteiger partial charge in [0.2, 0.25) is 0 Å². The quantitative estimate of drug-likeness (QED) is 0.690. The van der Waals surface area contributed by atoms with Crippen LogP contribution in [0.1, 0.15) is 38.9 Å². The molecule has 1 unspecified atom stereocenters. The average molecular weight is 397 g/mol. The summed E-state index contributed by atoms with van der Waals surface area (Å²) in [4.78, 5) is 29.0. The maximum atomic E-state index is 12.9. The highest BCUT2D eigenvalue weighted by atomic mass is 32.1. The van der Waals surface area contributed by atoms with Crippen molar-refractivity contribution in [1.29, 1.82) is 0 Å². The molecule has 0 bridgehead atoms. The van der Waals surface area contributed by atoms with Gasteiger partial charge >= 0.3 is 5.97 Å². The molecule has 1 amide bonds. The Balaban J connectivity index is 1.63. The van der Waals surface area contributed by atoms with Crippen molar-refractivity contribution in [1.82, 2.24) is 14.9 Å². The lowest BCUT2D eigenvalue weighted by molar-refractivity contribution is -0.139.